The summed E-state index contributed by atoms with van der Waals surface area (Å²) in [7, 11) is 0. The number of non-ortho nitro benzene ring substituents is 1. The van der Waals surface area contributed by atoms with Gasteiger partial charge in [-0.15, -0.1) is 10.2 Å². The van der Waals surface area contributed by atoms with Gasteiger partial charge in [0.15, 0.2) is 0 Å². The van der Waals surface area contributed by atoms with Crippen LogP contribution in [0.2, 0.25) is 5.02 Å². The van der Waals surface area contributed by atoms with Gasteiger partial charge in [0.25, 0.3) is 11.6 Å². The molecule has 1 aromatic carbocycles. The minimum Gasteiger partial charge on any atom is -0.340 e. The maximum absolute atomic E-state index is 12.7. The summed E-state index contributed by atoms with van der Waals surface area (Å²) >= 11 is 7.27. The number of aromatic nitrogens is 2. The van der Waals surface area contributed by atoms with E-state index < -0.39 is 22.8 Å². The van der Waals surface area contributed by atoms with Crippen LogP contribution in [0.5, 0.6) is 0 Å². The fourth-order valence-corrected chi connectivity index (χ4v) is 3.38. The number of anilines is 1. The van der Waals surface area contributed by atoms with Gasteiger partial charge >= 0.3 is 0 Å². The Kier molecular flexibility index (Phi) is 6.91. The van der Waals surface area contributed by atoms with Crippen molar-refractivity contribution in [1.29, 1.82) is 0 Å². The molecule has 0 aliphatic heterocycles. The maximum atomic E-state index is 12.7. The number of nitro benzene ring substituents is 1. The van der Waals surface area contributed by atoms with Crippen LogP contribution in [0, 0.1) is 16.0 Å². The summed E-state index contributed by atoms with van der Waals surface area (Å²) in [6.07, 6.45) is 0. The summed E-state index contributed by atoms with van der Waals surface area (Å²) in [5.74, 6) is -1.28. The normalized spacial score (nSPS) is 12.5. The standard InChI is InChI=1S/C18H22ClN5O4S/c1-9(2)13(15(26)21-17-23-22-16(29-17)18(3,4)5)20-14(25)11-7-6-10(24(27)28)8-12(11)19/h6-9,13H,1-5H3,(H,20,25)(H,21,23,26). The number of carbonyl (C=O) groups is 2. The molecule has 1 aromatic heterocycles. The Morgan fingerprint density at radius 3 is 2.38 bits per heavy atom. The predicted molar refractivity (Wildman–Crippen MR) is 111 cm³/mol. The van der Waals surface area contributed by atoms with E-state index in [0.717, 1.165) is 11.1 Å². The number of nitrogens with zero attached hydrogens (tertiary/aromatic N) is 3. The Morgan fingerprint density at radius 1 is 1.24 bits per heavy atom. The fourth-order valence-electron chi connectivity index (χ4n) is 2.32. The Bertz CT molecular complexity index is 939. The topological polar surface area (TPSA) is 127 Å². The number of nitrogens with one attached hydrogen (secondary N) is 2. The van der Waals surface area contributed by atoms with Gasteiger partial charge < -0.3 is 5.32 Å². The summed E-state index contributed by atoms with van der Waals surface area (Å²) in [5.41, 5.74) is -0.379. The highest BCUT2D eigenvalue weighted by molar-refractivity contribution is 7.15. The second kappa shape index (κ2) is 8.83. The van der Waals surface area contributed by atoms with E-state index in [1.165, 1.54) is 23.5 Å². The van der Waals surface area contributed by atoms with Gasteiger partial charge in [-0.25, -0.2) is 0 Å². The Hall–Kier alpha value is -2.59. The molecule has 0 aliphatic carbocycles. The third kappa shape index (κ3) is 5.70. The second-order valence-corrected chi connectivity index (χ2v) is 9.15. The van der Waals surface area contributed by atoms with Crippen LogP contribution in [0.25, 0.3) is 0 Å². The first-order valence-corrected chi connectivity index (χ1v) is 9.99. The molecule has 0 spiro atoms. The molecule has 2 aromatic rings. The van der Waals surface area contributed by atoms with Crippen molar-refractivity contribution < 1.29 is 14.5 Å². The minimum absolute atomic E-state index is 0.0432. The van der Waals surface area contributed by atoms with Crippen LogP contribution in [0.15, 0.2) is 18.2 Å². The zero-order valence-corrected chi connectivity index (χ0v) is 18.2. The predicted octanol–water partition coefficient (Wildman–Crippen LogP) is 3.79. The molecule has 0 saturated carbocycles. The van der Waals surface area contributed by atoms with Gasteiger partial charge in [-0.2, -0.15) is 0 Å². The van der Waals surface area contributed by atoms with Crippen molar-refractivity contribution in [3.05, 3.63) is 43.9 Å². The van der Waals surface area contributed by atoms with Gasteiger partial charge in [0.05, 0.1) is 15.5 Å². The van der Waals surface area contributed by atoms with Gasteiger partial charge in [0.2, 0.25) is 11.0 Å². The number of nitro groups is 1. The molecule has 1 atom stereocenters. The second-order valence-electron chi connectivity index (χ2n) is 7.77. The van der Waals surface area contributed by atoms with E-state index in [1.807, 2.05) is 20.8 Å². The number of carbonyl (C=O) groups excluding carboxylic acids is 2. The molecule has 29 heavy (non-hydrogen) atoms. The lowest BCUT2D eigenvalue weighted by molar-refractivity contribution is -0.384. The van der Waals surface area contributed by atoms with E-state index in [-0.39, 0.29) is 27.6 Å². The monoisotopic (exact) mass is 439 g/mol. The number of halogens is 1. The van der Waals surface area contributed by atoms with E-state index in [4.69, 9.17) is 11.6 Å². The van der Waals surface area contributed by atoms with Gasteiger partial charge in [-0.1, -0.05) is 57.6 Å². The molecule has 2 rings (SSSR count). The zero-order chi connectivity index (χ0) is 21.9. The Balaban J connectivity index is 2.15. The molecule has 2 N–H and O–H groups in total. The van der Waals surface area contributed by atoms with Crippen LogP contribution in [0.4, 0.5) is 10.8 Å². The van der Waals surface area contributed by atoms with E-state index >= 15 is 0 Å². The molecule has 9 nitrogen and oxygen atoms in total. The van der Waals surface area contributed by atoms with Crippen LogP contribution in [0.1, 0.15) is 50.0 Å². The average Bonchev–Trinajstić information content (AvgIpc) is 3.07. The Morgan fingerprint density at radius 2 is 1.90 bits per heavy atom. The molecule has 0 radical (unpaired) electrons. The quantitative estimate of drug-likeness (QED) is 0.520. The smallest absolute Gasteiger partial charge is 0.270 e. The number of hydrogen-bond acceptors (Lipinski definition) is 7. The van der Waals surface area contributed by atoms with E-state index in [1.54, 1.807) is 13.8 Å². The van der Waals surface area contributed by atoms with Crippen molar-refractivity contribution in [3.63, 3.8) is 0 Å². The Labute approximate surface area is 177 Å². The average molecular weight is 440 g/mol. The summed E-state index contributed by atoms with van der Waals surface area (Å²) in [5, 5.41) is 25.2. The van der Waals surface area contributed by atoms with Crippen LogP contribution < -0.4 is 10.6 Å². The van der Waals surface area contributed by atoms with Crippen molar-refractivity contribution in [2.45, 2.75) is 46.1 Å². The first kappa shape index (κ1) is 22.7. The lowest BCUT2D eigenvalue weighted by atomic mass is 9.98. The third-order valence-electron chi connectivity index (χ3n) is 3.94. The van der Waals surface area contributed by atoms with Crippen LogP contribution in [-0.2, 0) is 10.2 Å². The summed E-state index contributed by atoms with van der Waals surface area (Å²) in [6, 6.07) is 2.66. The first-order valence-electron chi connectivity index (χ1n) is 8.79. The highest BCUT2D eigenvalue weighted by atomic mass is 35.5. The third-order valence-corrected chi connectivity index (χ3v) is 5.52. The summed E-state index contributed by atoms with van der Waals surface area (Å²) in [4.78, 5) is 35.5. The highest BCUT2D eigenvalue weighted by Gasteiger charge is 2.27. The number of hydrogen-bond donors (Lipinski definition) is 2. The summed E-state index contributed by atoms with van der Waals surface area (Å²) < 4.78 is 0. The molecule has 0 bridgehead atoms. The SMILES string of the molecule is CC(C)C(NC(=O)c1ccc([N+](=O)[O-])cc1Cl)C(=O)Nc1nnc(C(C)(C)C)s1. The van der Waals surface area contributed by atoms with Crippen molar-refractivity contribution in [2.75, 3.05) is 5.32 Å². The van der Waals surface area contributed by atoms with E-state index in [0.29, 0.717) is 5.13 Å². The van der Waals surface area contributed by atoms with Gasteiger partial charge in [-0.05, 0) is 12.0 Å². The molecule has 2 amide bonds. The largest absolute Gasteiger partial charge is 0.340 e. The van der Waals surface area contributed by atoms with E-state index in [2.05, 4.69) is 20.8 Å². The lowest BCUT2D eigenvalue weighted by Crippen LogP contribution is -2.47. The van der Waals surface area contributed by atoms with Crippen molar-refractivity contribution in [2.24, 2.45) is 5.92 Å². The van der Waals surface area contributed by atoms with Gasteiger partial charge in [0.1, 0.15) is 11.0 Å². The number of rotatable bonds is 6. The van der Waals surface area contributed by atoms with Crippen molar-refractivity contribution in [1.82, 2.24) is 15.5 Å². The molecule has 156 valence electrons. The van der Waals surface area contributed by atoms with Crippen molar-refractivity contribution in [3.8, 4) is 0 Å². The fraction of sp³-hybridized carbons (Fsp3) is 0.444. The summed E-state index contributed by atoms with van der Waals surface area (Å²) in [6.45, 7) is 9.53. The maximum Gasteiger partial charge on any atom is 0.270 e. The molecular weight excluding hydrogens is 418 g/mol. The molecule has 0 saturated heterocycles. The van der Waals surface area contributed by atoms with Crippen LogP contribution in [-0.4, -0.2) is 33.0 Å². The molecule has 1 unspecified atom stereocenters. The molecule has 11 heteroatoms. The van der Waals surface area contributed by atoms with Gasteiger partial charge in [-0.3, -0.25) is 25.0 Å². The first-order chi connectivity index (χ1) is 13.4. The lowest BCUT2D eigenvalue weighted by Gasteiger charge is -2.21. The number of amides is 2. The number of benzene rings is 1. The molecule has 0 aliphatic rings. The highest BCUT2D eigenvalue weighted by Crippen LogP contribution is 2.28. The van der Waals surface area contributed by atoms with Crippen LogP contribution in [0.3, 0.4) is 0 Å². The molecular formula is C18H22ClN5O4S. The van der Waals surface area contributed by atoms with Gasteiger partial charge in [0, 0.05) is 17.5 Å². The molecule has 1 heterocycles. The zero-order valence-electron chi connectivity index (χ0n) is 16.6. The van der Waals surface area contributed by atoms with Crippen LogP contribution >= 0.6 is 22.9 Å². The van der Waals surface area contributed by atoms with E-state index in [9.17, 15) is 19.7 Å². The minimum atomic E-state index is -0.865. The molecule has 0 fully saturated rings. The van der Waals surface area contributed by atoms with Crippen molar-refractivity contribution >= 4 is 45.6 Å².